The van der Waals surface area contributed by atoms with Crippen LogP contribution < -0.4 is 23.7 Å². The van der Waals surface area contributed by atoms with Crippen molar-refractivity contribution in [2.75, 3.05) is 20.0 Å². The molecule has 37 heavy (non-hydrogen) atoms. The lowest BCUT2D eigenvalue weighted by atomic mass is 9.89. The summed E-state index contributed by atoms with van der Waals surface area (Å²) in [6.45, 7) is 1.89. The van der Waals surface area contributed by atoms with Crippen molar-refractivity contribution in [3.05, 3.63) is 53.6 Å². The lowest BCUT2D eigenvalue weighted by Gasteiger charge is -2.40. The van der Waals surface area contributed by atoms with Crippen LogP contribution in [0.1, 0.15) is 30.1 Å². The van der Waals surface area contributed by atoms with Gasteiger partial charge in [0.05, 0.1) is 12.5 Å². The number of hydrogen-bond acceptors (Lipinski definition) is 11. The van der Waals surface area contributed by atoms with E-state index in [9.17, 15) is 20.1 Å². The molecule has 6 rings (SSSR count). The maximum Gasteiger partial charge on any atom is 0.330 e. The van der Waals surface area contributed by atoms with Crippen LogP contribution in [0.25, 0.3) is 0 Å². The first-order chi connectivity index (χ1) is 17.9. The molecule has 4 aliphatic heterocycles. The van der Waals surface area contributed by atoms with Gasteiger partial charge in [0.15, 0.2) is 11.5 Å². The number of carbonyl (C=O) groups is 1. The number of aliphatic hydroxyl groups is 3. The summed E-state index contributed by atoms with van der Waals surface area (Å²) in [5.41, 5.74) is 1.82. The number of hydrogen-bond donors (Lipinski definition) is 3. The van der Waals surface area contributed by atoms with E-state index in [4.69, 9.17) is 33.2 Å². The van der Waals surface area contributed by atoms with Gasteiger partial charge in [-0.05, 0) is 25.1 Å². The number of benzene rings is 2. The first kappa shape index (κ1) is 23.9. The predicted octanol–water partition coefficient (Wildman–Crippen LogP) is 1.33. The molecule has 11 heteroatoms. The van der Waals surface area contributed by atoms with Crippen molar-refractivity contribution >= 4 is 5.97 Å². The van der Waals surface area contributed by atoms with Crippen LogP contribution in [0.4, 0.5) is 0 Å². The molecule has 0 aliphatic carbocycles. The Morgan fingerprint density at radius 1 is 0.973 bits per heavy atom. The smallest absolute Gasteiger partial charge is 0.330 e. The average Bonchev–Trinajstić information content (AvgIpc) is 3.50. The van der Waals surface area contributed by atoms with Crippen LogP contribution in [0, 0.1) is 0 Å². The highest BCUT2D eigenvalue weighted by atomic mass is 16.7. The third-order valence-electron chi connectivity index (χ3n) is 6.85. The van der Waals surface area contributed by atoms with Crippen LogP contribution in [0.15, 0.2) is 42.5 Å². The third kappa shape index (κ3) is 4.23. The van der Waals surface area contributed by atoms with Crippen molar-refractivity contribution in [3.63, 3.8) is 0 Å². The van der Waals surface area contributed by atoms with E-state index in [1.165, 1.54) is 12.2 Å². The largest absolute Gasteiger partial charge is 0.492 e. The van der Waals surface area contributed by atoms with Gasteiger partial charge >= 0.3 is 5.97 Å². The first-order valence-electron chi connectivity index (χ1n) is 12.0. The summed E-state index contributed by atoms with van der Waals surface area (Å²) in [5, 5.41) is 31.0. The number of allylic oxidation sites excluding steroid dienone is 1. The Hall–Kier alpha value is -3.51. The Bertz CT molecular complexity index is 1230. The molecule has 7 atom stereocenters. The van der Waals surface area contributed by atoms with Gasteiger partial charge in [-0.3, -0.25) is 0 Å². The summed E-state index contributed by atoms with van der Waals surface area (Å²) in [7, 11) is 0. The van der Waals surface area contributed by atoms with E-state index >= 15 is 0 Å². The van der Waals surface area contributed by atoms with E-state index in [-0.39, 0.29) is 25.4 Å². The SMILES string of the molecule is C/C=C/C(=O)OC[C@H]1O[C@@H](Oc2ccc3c(c2)OC[C@H]2c4cc5c(cc4O[C@@H]32)OCO5)[C@H](O)[C@@H](O)[C@@H]1O. The van der Waals surface area contributed by atoms with Gasteiger partial charge in [-0.1, -0.05) is 6.08 Å². The van der Waals surface area contributed by atoms with E-state index in [1.807, 2.05) is 18.2 Å². The molecule has 11 nitrogen and oxygen atoms in total. The number of fused-ring (bicyclic) bond motifs is 6. The molecule has 3 N–H and O–H groups in total. The monoisotopic (exact) mass is 514 g/mol. The van der Waals surface area contributed by atoms with Crippen molar-refractivity contribution in [1.82, 2.24) is 0 Å². The number of carbonyl (C=O) groups excluding carboxylic acids is 1. The minimum atomic E-state index is -1.57. The molecule has 0 radical (unpaired) electrons. The first-order valence-corrected chi connectivity index (χ1v) is 12.0. The molecule has 0 saturated carbocycles. The normalized spacial score (nSPS) is 31.1. The van der Waals surface area contributed by atoms with Crippen LogP contribution in [0.3, 0.4) is 0 Å². The highest BCUT2D eigenvalue weighted by molar-refractivity contribution is 5.81. The standard InChI is InChI=1S/C26H26O11/c1-2-3-21(27)32-10-20-22(28)23(29)24(30)26(37-20)35-12-4-5-13-16(6-12)31-9-15-14-7-18-19(34-11-33-18)8-17(14)36-25(13)15/h2-8,15,20,22-26,28-30H,9-11H2,1H3/b3-2+/t15-,20+,22+,23-,24+,25-,26+/m0/s1. The summed E-state index contributed by atoms with van der Waals surface area (Å²) in [5.74, 6) is 2.28. The van der Waals surface area contributed by atoms with Gasteiger partial charge in [0.1, 0.15) is 54.4 Å². The Morgan fingerprint density at radius 3 is 2.59 bits per heavy atom. The molecule has 1 fully saturated rings. The fraction of sp³-hybridized carbons (Fsp3) is 0.423. The Morgan fingerprint density at radius 2 is 1.78 bits per heavy atom. The van der Waals surface area contributed by atoms with Gasteiger partial charge in [0.2, 0.25) is 13.1 Å². The topological polar surface area (TPSA) is 142 Å². The van der Waals surface area contributed by atoms with Crippen LogP contribution in [-0.2, 0) is 14.3 Å². The molecular weight excluding hydrogens is 488 g/mol. The van der Waals surface area contributed by atoms with Crippen molar-refractivity contribution in [2.45, 2.75) is 49.7 Å². The zero-order chi connectivity index (χ0) is 25.7. The van der Waals surface area contributed by atoms with E-state index in [0.29, 0.717) is 29.6 Å². The van der Waals surface area contributed by atoms with E-state index < -0.39 is 36.7 Å². The zero-order valence-corrected chi connectivity index (χ0v) is 19.8. The third-order valence-corrected chi connectivity index (χ3v) is 6.85. The molecule has 0 spiro atoms. The van der Waals surface area contributed by atoms with Crippen molar-refractivity contribution in [1.29, 1.82) is 0 Å². The second-order valence-electron chi connectivity index (χ2n) is 9.16. The Balaban J connectivity index is 1.17. The van der Waals surface area contributed by atoms with Crippen molar-refractivity contribution < 1.29 is 53.3 Å². The van der Waals surface area contributed by atoms with Gasteiger partial charge in [-0.2, -0.15) is 0 Å². The summed E-state index contributed by atoms with van der Waals surface area (Å²) < 4.78 is 39.7. The van der Waals surface area contributed by atoms with E-state index in [1.54, 1.807) is 19.1 Å². The summed E-state index contributed by atoms with van der Waals surface area (Å²) in [6.07, 6.45) is -4.56. The molecular formula is C26H26O11. The molecule has 196 valence electrons. The second kappa shape index (κ2) is 9.42. The van der Waals surface area contributed by atoms with E-state index in [2.05, 4.69) is 0 Å². The Kier molecular flexibility index (Phi) is 6.07. The van der Waals surface area contributed by atoms with Crippen LogP contribution in [0.5, 0.6) is 28.7 Å². The van der Waals surface area contributed by atoms with Crippen molar-refractivity contribution in [3.8, 4) is 28.7 Å². The van der Waals surface area contributed by atoms with Gasteiger partial charge < -0.3 is 48.5 Å². The van der Waals surface area contributed by atoms with Crippen LogP contribution >= 0.6 is 0 Å². The fourth-order valence-corrected chi connectivity index (χ4v) is 4.93. The molecule has 0 bridgehead atoms. The van der Waals surface area contributed by atoms with Crippen LogP contribution in [0.2, 0.25) is 0 Å². The number of rotatable bonds is 5. The predicted molar refractivity (Wildman–Crippen MR) is 124 cm³/mol. The minimum Gasteiger partial charge on any atom is -0.492 e. The number of esters is 1. The maximum atomic E-state index is 11.6. The molecule has 2 aromatic rings. The molecule has 4 heterocycles. The Labute approximate surface area is 211 Å². The highest BCUT2D eigenvalue weighted by Gasteiger charge is 2.46. The zero-order valence-electron chi connectivity index (χ0n) is 19.8. The number of aliphatic hydroxyl groups excluding tert-OH is 3. The van der Waals surface area contributed by atoms with Gasteiger partial charge in [0, 0.05) is 29.3 Å². The molecule has 4 aliphatic rings. The second-order valence-corrected chi connectivity index (χ2v) is 9.16. The molecule has 0 unspecified atom stereocenters. The van der Waals surface area contributed by atoms with Gasteiger partial charge in [-0.15, -0.1) is 0 Å². The van der Waals surface area contributed by atoms with Crippen molar-refractivity contribution in [2.24, 2.45) is 0 Å². The van der Waals surface area contributed by atoms with Gasteiger partial charge in [0.25, 0.3) is 0 Å². The van der Waals surface area contributed by atoms with E-state index in [0.717, 1.165) is 16.9 Å². The number of ether oxygens (including phenoxy) is 7. The molecule has 0 amide bonds. The maximum absolute atomic E-state index is 11.6. The summed E-state index contributed by atoms with van der Waals surface area (Å²) in [4.78, 5) is 11.6. The summed E-state index contributed by atoms with van der Waals surface area (Å²) in [6, 6.07) is 8.91. The van der Waals surface area contributed by atoms with Crippen LogP contribution in [-0.4, -0.2) is 72.0 Å². The molecule has 2 aromatic carbocycles. The van der Waals surface area contributed by atoms with Gasteiger partial charge in [-0.25, -0.2) is 4.79 Å². The lowest BCUT2D eigenvalue weighted by Crippen LogP contribution is -2.60. The molecule has 0 aromatic heterocycles. The minimum absolute atomic E-state index is 0.0186. The fourth-order valence-electron chi connectivity index (χ4n) is 4.93. The molecule has 1 saturated heterocycles. The quantitative estimate of drug-likeness (QED) is 0.393. The lowest BCUT2D eigenvalue weighted by molar-refractivity contribution is -0.278. The summed E-state index contributed by atoms with van der Waals surface area (Å²) >= 11 is 0. The average molecular weight is 514 g/mol. The highest BCUT2D eigenvalue weighted by Crippen LogP contribution is 2.54.